The molecule has 0 radical (unpaired) electrons. The zero-order chi connectivity index (χ0) is 23.0. The molecule has 3 N–H and O–H groups in total. The number of ether oxygens (including phenoxy) is 1. The van der Waals surface area contributed by atoms with Crippen LogP contribution in [0, 0.1) is 0 Å². The third-order valence-corrected chi connectivity index (χ3v) is 5.23. The number of fused-ring (bicyclic) bond motifs is 1. The van der Waals surface area contributed by atoms with Crippen LogP contribution >= 0.6 is 0 Å². The number of alkyl halides is 3. The molecule has 5 rings (SSSR count). The molecule has 0 aliphatic carbocycles. The number of rotatable bonds is 4. The molecule has 170 valence electrons. The van der Waals surface area contributed by atoms with Crippen molar-refractivity contribution in [3.05, 3.63) is 53.7 Å². The largest absolute Gasteiger partial charge is 0.416 e. The number of carbonyl (C=O) groups is 1. The lowest BCUT2D eigenvalue weighted by atomic mass is 10.2. The Morgan fingerprint density at radius 2 is 1.94 bits per heavy atom. The van der Waals surface area contributed by atoms with Crippen LogP contribution in [-0.4, -0.2) is 57.4 Å². The van der Waals surface area contributed by atoms with Crippen molar-refractivity contribution in [3.63, 3.8) is 0 Å². The highest BCUT2D eigenvalue weighted by molar-refractivity contribution is 6.03. The Balaban J connectivity index is 1.29. The fourth-order valence-electron chi connectivity index (χ4n) is 3.51. The van der Waals surface area contributed by atoms with Gasteiger partial charge in [0.15, 0.2) is 11.6 Å². The van der Waals surface area contributed by atoms with E-state index in [-0.39, 0.29) is 11.3 Å². The second kappa shape index (κ2) is 8.20. The van der Waals surface area contributed by atoms with Gasteiger partial charge in [0.2, 0.25) is 0 Å². The van der Waals surface area contributed by atoms with Crippen LogP contribution in [0.25, 0.3) is 22.6 Å². The molecular weight excluding hydrogens is 439 g/mol. The van der Waals surface area contributed by atoms with Crippen molar-refractivity contribution < 1.29 is 22.7 Å². The van der Waals surface area contributed by atoms with Crippen LogP contribution in [-0.2, 0) is 10.9 Å². The lowest BCUT2D eigenvalue weighted by Gasteiger charge is -2.27. The fraction of sp³-hybridized carbons (Fsp3) is 0.238. The summed E-state index contributed by atoms with van der Waals surface area (Å²) in [6.07, 6.45) is -2.95. The van der Waals surface area contributed by atoms with Gasteiger partial charge in [0.25, 0.3) is 5.91 Å². The third kappa shape index (κ3) is 4.37. The Morgan fingerprint density at radius 3 is 2.67 bits per heavy atom. The molecule has 3 aromatic heterocycles. The summed E-state index contributed by atoms with van der Waals surface area (Å²) in [5, 5.41) is 9.42. The number of hydrogen-bond donors (Lipinski definition) is 3. The Labute approximate surface area is 185 Å². The van der Waals surface area contributed by atoms with Crippen LogP contribution in [0.5, 0.6) is 0 Å². The van der Waals surface area contributed by atoms with Gasteiger partial charge in [-0.15, -0.1) is 0 Å². The summed E-state index contributed by atoms with van der Waals surface area (Å²) < 4.78 is 44.1. The predicted octanol–water partition coefficient (Wildman–Crippen LogP) is 3.46. The van der Waals surface area contributed by atoms with E-state index in [1.165, 1.54) is 18.3 Å². The first kappa shape index (κ1) is 20.9. The minimum absolute atomic E-state index is 0.240. The number of nitrogens with zero attached hydrogens (tertiary/aromatic N) is 4. The number of nitrogens with one attached hydrogen (secondary N) is 3. The van der Waals surface area contributed by atoms with E-state index in [0.717, 1.165) is 31.0 Å². The molecule has 0 saturated carbocycles. The molecule has 0 unspecified atom stereocenters. The maximum Gasteiger partial charge on any atom is 0.416 e. The van der Waals surface area contributed by atoms with E-state index in [2.05, 4.69) is 35.4 Å². The molecule has 1 fully saturated rings. The summed E-state index contributed by atoms with van der Waals surface area (Å²) in [7, 11) is 0. The van der Waals surface area contributed by atoms with E-state index >= 15 is 0 Å². The second-order valence-corrected chi connectivity index (χ2v) is 7.44. The minimum Gasteiger partial charge on any atom is -0.378 e. The number of pyridine rings is 1. The van der Waals surface area contributed by atoms with Crippen molar-refractivity contribution in [2.24, 2.45) is 0 Å². The van der Waals surface area contributed by atoms with Gasteiger partial charge in [-0.25, -0.2) is 9.97 Å². The maximum absolute atomic E-state index is 12.9. The molecule has 9 nitrogen and oxygen atoms in total. The molecule has 12 heteroatoms. The van der Waals surface area contributed by atoms with Crippen LogP contribution in [0.15, 0.2) is 42.6 Å². The van der Waals surface area contributed by atoms with E-state index < -0.39 is 17.6 Å². The minimum atomic E-state index is -4.44. The number of carbonyl (C=O) groups excluding carboxylic acids is 1. The first-order valence-corrected chi connectivity index (χ1v) is 10.1. The average molecular weight is 457 g/mol. The Morgan fingerprint density at radius 1 is 1.12 bits per heavy atom. The van der Waals surface area contributed by atoms with Gasteiger partial charge in [0.05, 0.1) is 35.4 Å². The number of aromatic nitrogens is 5. The third-order valence-electron chi connectivity index (χ3n) is 5.23. The van der Waals surface area contributed by atoms with Crippen molar-refractivity contribution >= 4 is 28.6 Å². The summed E-state index contributed by atoms with van der Waals surface area (Å²) in [5.74, 6) is 0.918. The van der Waals surface area contributed by atoms with Crippen LogP contribution in [0.2, 0.25) is 0 Å². The maximum atomic E-state index is 12.9. The summed E-state index contributed by atoms with van der Waals surface area (Å²) in [6, 6.07) is 8.26. The van der Waals surface area contributed by atoms with E-state index in [1.54, 1.807) is 12.1 Å². The first-order valence-electron chi connectivity index (χ1n) is 10.1. The number of anilines is 2. The predicted molar refractivity (Wildman–Crippen MR) is 114 cm³/mol. The van der Waals surface area contributed by atoms with Gasteiger partial charge in [-0.3, -0.25) is 9.89 Å². The van der Waals surface area contributed by atoms with Gasteiger partial charge in [-0.05, 0) is 30.3 Å². The Kier molecular flexibility index (Phi) is 5.21. The zero-order valence-corrected chi connectivity index (χ0v) is 17.1. The first-order chi connectivity index (χ1) is 15.9. The van der Waals surface area contributed by atoms with Crippen LogP contribution in [0.4, 0.5) is 24.8 Å². The van der Waals surface area contributed by atoms with Crippen molar-refractivity contribution in [3.8, 4) is 11.5 Å². The summed E-state index contributed by atoms with van der Waals surface area (Å²) in [4.78, 5) is 26.1. The Hall–Kier alpha value is -3.93. The zero-order valence-electron chi connectivity index (χ0n) is 17.1. The van der Waals surface area contributed by atoms with E-state index in [1.807, 2.05) is 0 Å². The highest BCUT2D eigenvalue weighted by atomic mass is 19.4. The molecule has 4 aromatic rings. The van der Waals surface area contributed by atoms with Gasteiger partial charge in [0.1, 0.15) is 11.5 Å². The van der Waals surface area contributed by atoms with Crippen molar-refractivity contribution in [1.82, 2.24) is 25.1 Å². The molecule has 0 bridgehead atoms. The molecule has 1 aliphatic heterocycles. The Bertz CT molecular complexity index is 1290. The molecule has 1 aromatic carbocycles. The van der Waals surface area contributed by atoms with Crippen molar-refractivity contribution in [1.29, 1.82) is 0 Å². The molecule has 1 amide bonds. The number of morpholine rings is 1. The molecule has 33 heavy (non-hydrogen) atoms. The normalized spacial score (nSPS) is 14.6. The van der Waals surface area contributed by atoms with Gasteiger partial charge in [-0.2, -0.15) is 18.3 Å². The molecule has 0 spiro atoms. The second-order valence-electron chi connectivity index (χ2n) is 7.44. The molecule has 1 saturated heterocycles. The number of hydrogen-bond acceptors (Lipinski definition) is 6. The lowest BCUT2D eigenvalue weighted by molar-refractivity contribution is -0.137. The number of H-pyrrole nitrogens is 2. The fourth-order valence-corrected chi connectivity index (χ4v) is 3.51. The lowest BCUT2D eigenvalue weighted by Crippen LogP contribution is -2.36. The van der Waals surface area contributed by atoms with Gasteiger partial charge < -0.3 is 19.9 Å². The van der Waals surface area contributed by atoms with E-state index in [9.17, 15) is 18.0 Å². The van der Waals surface area contributed by atoms with Crippen LogP contribution < -0.4 is 10.2 Å². The number of imidazole rings is 1. The molecule has 4 heterocycles. The quantitative estimate of drug-likeness (QED) is 0.433. The topological polar surface area (TPSA) is 112 Å². The monoisotopic (exact) mass is 457 g/mol. The number of halogens is 3. The molecule has 0 atom stereocenters. The number of benzene rings is 1. The summed E-state index contributed by atoms with van der Waals surface area (Å²) in [6.45, 7) is 2.77. The number of aromatic amines is 2. The standard InChI is InChI=1S/C21H18F3N7O2/c22-21(23,24)13-2-3-14-15(9-13)27-19(26-14)16-10-17(30-29-16)28-20(32)12-1-4-18(25-11-12)31-5-7-33-8-6-31/h1-4,9-11H,5-8H2,(H,26,27)(H2,28,29,30,32). The molecular formula is C21H18F3N7O2. The average Bonchev–Trinajstić information content (AvgIpc) is 3.45. The smallest absolute Gasteiger partial charge is 0.378 e. The highest BCUT2D eigenvalue weighted by Crippen LogP contribution is 2.31. The van der Waals surface area contributed by atoms with Gasteiger partial charge >= 0.3 is 6.18 Å². The van der Waals surface area contributed by atoms with Crippen LogP contribution in [0.3, 0.4) is 0 Å². The van der Waals surface area contributed by atoms with E-state index in [4.69, 9.17) is 4.74 Å². The summed E-state index contributed by atoms with van der Waals surface area (Å²) >= 11 is 0. The highest BCUT2D eigenvalue weighted by Gasteiger charge is 2.30. The van der Waals surface area contributed by atoms with Gasteiger partial charge in [-0.1, -0.05) is 0 Å². The van der Waals surface area contributed by atoms with Crippen molar-refractivity contribution in [2.45, 2.75) is 6.18 Å². The molecule has 1 aliphatic rings. The summed E-state index contributed by atoms with van der Waals surface area (Å²) in [5.41, 5.74) is 0.628. The SMILES string of the molecule is O=C(Nc1cc(-c2nc3ccc(C(F)(F)F)cc3[nH]2)[nH]n1)c1ccc(N2CCOCC2)nc1. The number of amides is 1. The van der Waals surface area contributed by atoms with Crippen molar-refractivity contribution in [2.75, 3.05) is 36.5 Å². The van der Waals surface area contributed by atoms with E-state index in [0.29, 0.717) is 35.8 Å². The van der Waals surface area contributed by atoms with Crippen LogP contribution in [0.1, 0.15) is 15.9 Å². The van der Waals surface area contributed by atoms with Gasteiger partial charge in [0, 0.05) is 25.4 Å².